The van der Waals surface area contributed by atoms with Gasteiger partial charge in [-0.3, -0.25) is 0 Å². The van der Waals surface area contributed by atoms with Crippen molar-refractivity contribution < 1.29 is 14.3 Å². The number of fused-ring (bicyclic) bond motifs is 1. The lowest BCUT2D eigenvalue weighted by atomic mass is 9.84. The molecule has 0 amide bonds. The summed E-state index contributed by atoms with van der Waals surface area (Å²) in [6, 6.07) is 7.18. The van der Waals surface area contributed by atoms with E-state index < -0.39 is 6.16 Å². The molecule has 1 aromatic carbocycles. The zero-order chi connectivity index (χ0) is 17.6. The Labute approximate surface area is 148 Å². The number of hydrogen-bond donors (Lipinski definition) is 0. The van der Waals surface area contributed by atoms with Crippen molar-refractivity contribution in [2.75, 3.05) is 6.61 Å². The van der Waals surface area contributed by atoms with Gasteiger partial charge in [0.05, 0.1) is 6.61 Å². The predicted octanol–water partition coefficient (Wildman–Crippen LogP) is 4.58. The molecule has 1 atom stereocenters. The van der Waals surface area contributed by atoms with E-state index in [4.69, 9.17) is 14.5 Å². The molecule has 0 fully saturated rings. The lowest BCUT2D eigenvalue weighted by Crippen LogP contribution is -2.16. The van der Waals surface area contributed by atoms with Crippen molar-refractivity contribution in [2.45, 2.75) is 46.0 Å². The molecule has 0 N–H and O–H groups in total. The Hall–Kier alpha value is -2.43. The molecule has 0 saturated carbocycles. The molecule has 0 spiro atoms. The molecule has 1 aliphatic carbocycles. The van der Waals surface area contributed by atoms with Gasteiger partial charge >= 0.3 is 6.16 Å². The van der Waals surface area contributed by atoms with Gasteiger partial charge in [0.15, 0.2) is 5.82 Å². The number of aromatic nitrogens is 2. The van der Waals surface area contributed by atoms with Gasteiger partial charge in [-0.05, 0) is 61.9 Å². The van der Waals surface area contributed by atoms with E-state index in [9.17, 15) is 4.79 Å². The van der Waals surface area contributed by atoms with E-state index in [1.807, 2.05) is 18.3 Å². The van der Waals surface area contributed by atoms with E-state index in [1.165, 1.54) is 30.5 Å². The van der Waals surface area contributed by atoms with Gasteiger partial charge in [0, 0.05) is 17.5 Å². The van der Waals surface area contributed by atoms with Crippen molar-refractivity contribution in [1.82, 2.24) is 9.97 Å². The topological polar surface area (TPSA) is 61.3 Å². The van der Waals surface area contributed by atoms with Crippen LogP contribution in [0.15, 0.2) is 30.5 Å². The first kappa shape index (κ1) is 17.4. The van der Waals surface area contributed by atoms with Crippen LogP contribution in [-0.4, -0.2) is 22.7 Å². The van der Waals surface area contributed by atoms with E-state index in [0.29, 0.717) is 12.4 Å². The van der Waals surface area contributed by atoms with Crippen LogP contribution < -0.4 is 4.74 Å². The van der Waals surface area contributed by atoms with E-state index in [2.05, 4.69) is 11.9 Å². The Kier molecular flexibility index (Phi) is 5.64. The highest BCUT2D eigenvalue weighted by atomic mass is 16.7. The smallest absolute Gasteiger partial charge is 0.434 e. The Balaban J connectivity index is 1.71. The molecular weight excluding hydrogens is 316 g/mol. The fourth-order valence-electron chi connectivity index (χ4n) is 3.29. The number of benzene rings is 1. The lowest BCUT2D eigenvalue weighted by molar-refractivity contribution is 0.104. The molecule has 1 heterocycles. The highest BCUT2D eigenvalue weighted by molar-refractivity contribution is 5.65. The maximum atomic E-state index is 11.3. The highest BCUT2D eigenvalue weighted by Crippen LogP contribution is 2.28. The van der Waals surface area contributed by atoms with Crippen LogP contribution in [0.5, 0.6) is 5.75 Å². The van der Waals surface area contributed by atoms with Gasteiger partial charge in [-0.15, -0.1) is 0 Å². The van der Waals surface area contributed by atoms with Crippen LogP contribution in [0.2, 0.25) is 0 Å². The van der Waals surface area contributed by atoms with Gasteiger partial charge in [-0.2, -0.15) is 0 Å². The molecule has 1 aliphatic rings. The maximum Gasteiger partial charge on any atom is 0.513 e. The number of aryl methyl sites for hydroxylation is 1. The van der Waals surface area contributed by atoms with Crippen molar-refractivity contribution >= 4 is 6.16 Å². The van der Waals surface area contributed by atoms with Crippen LogP contribution in [0.3, 0.4) is 0 Å². The molecule has 25 heavy (non-hydrogen) atoms. The van der Waals surface area contributed by atoms with E-state index in [-0.39, 0.29) is 0 Å². The van der Waals surface area contributed by atoms with Crippen molar-refractivity contribution in [2.24, 2.45) is 5.92 Å². The molecule has 0 radical (unpaired) electrons. The van der Waals surface area contributed by atoms with Crippen molar-refractivity contribution in [3.05, 3.63) is 41.7 Å². The minimum atomic E-state index is -0.693. The fraction of sp³-hybridized carbons (Fsp3) is 0.450. The zero-order valence-corrected chi connectivity index (χ0v) is 14.8. The summed E-state index contributed by atoms with van der Waals surface area (Å²) in [4.78, 5) is 20.6. The van der Waals surface area contributed by atoms with Crippen molar-refractivity contribution in [1.29, 1.82) is 0 Å². The molecule has 0 saturated heterocycles. The van der Waals surface area contributed by atoms with Gasteiger partial charge < -0.3 is 9.47 Å². The molecule has 1 aromatic heterocycles. The number of ether oxygens (including phenoxy) is 2. The van der Waals surface area contributed by atoms with Crippen LogP contribution in [0.4, 0.5) is 4.79 Å². The largest absolute Gasteiger partial charge is 0.513 e. The third-order valence-corrected chi connectivity index (χ3v) is 4.52. The Morgan fingerprint density at radius 2 is 2.04 bits per heavy atom. The van der Waals surface area contributed by atoms with Gasteiger partial charge in [-0.1, -0.05) is 19.8 Å². The Morgan fingerprint density at radius 3 is 2.76 bits per heavy atom. The first-order valence-corrected chi connectivity index (χ1v) is 8.99. The molecule has 0 bridgehead atoms. The minimum absolute atomic E-state index is 0.291. The molecule has 132 valence electrons. The average Bonchev–Trinajstić information content (AvgIpc) is 2.62. The normalized spacial score (nSPS) is 16.2. The molecule has 0 aliphatic heterocycles. The van der Waals surface area contributed by atoms with Gasteiger partial charge in [0.25, 0.3) is 0 Å². The van der Waals surface area contributed by atoms with Crippen LogP contribution >= 0.6 is 0 Å². The van der Waals surface area contributed by atoms with Crippen molar-refractivity contribution in [3.63, 3.8) is 0 Å². The van der Waals surface area contributed by atoms with E-state index in [0.717, 1.165) is 30.1 Å². The summed E-state index contributed by atoms with van der Waals surface area (Å²) in [6.07, 6.45) is 7.13. The van der Waals surface area contributed by atoms with Crippen LogP contribution in [0.25, 0.3) is 11.4 Å². The summed E-state index contributed by atoms with van der Waals surface area (Å²) in [5, 5.41) is 0. The second-order valence-corrected chi connectivity index (χ2v) is 6.37. The highest BCUT2D eigenvalue weighted by Gasteiger charge is 2.20. The van der Waals surface area contributed by atoms with Crippen LogP contribution in [0, 0.1) is 5.92 Å². The standard InChI is InChI=1S/C20H24N2O3/c1-3-5-14-6-11-18-16(12-14)13-21-19(22-18)15-7-9-17(10-8-15)25-20(23)24-4-2/h7-10,13-14H,3-6,11-12H2,1-2H3. The second-order valence-electron chi connectivity index (χ2n) is 6.37. The molecule has 1 unspecified atom stereocenters. The zero-order valence-electron chi connectivity index (χ0n) is 14.8. The maximum absolute atomic E-state index is 11.3. The SMILES string of the molecule is CCCC1CCc2nc(-c3ccc(OC(=O)OCC)cc3)ncc2C1. The summed E-state index contributed by atoms with van der Waals surface area (Å²) in [5.41, 5.74) is 3.37. The summed E-state index contributed by atoms with van der Waals surface area (Å²) in [5.74, 6) is 1.93. The quantitative estimate of drug-likeness (QED) is 0.589. The summed E-state index contributed by atoms with van der Waals surface area (Å²) < 4.78 is 9.83. The molecular formula is C20H24N2O3. The van der Waals surface area contributed by atoms with Crippen LogP contribution in [-0.2, 0) is 17.6 Å². The average molecular weight is 340 g/mol. The van der Waals surface area contributed by atoms with E-state index in [1.54, 1.807) is 19.1 Å². The monoisotopic (exact) mass is 340 g/mol. The number of carbonyl (C=O) groups excluding carboxylic acids is 1. The number of nitrogens with zero attached hydrogens (tertiary/aromatic N) is 2. The summed E-state index contributed by atoms with van der Waals surface area (Å²) >= 11 is 0. The first-order valence-electron chi connectivity index (χ1n) is 8.99. The van der Waals surface area contributed by atoms with Gasteiger partial charge in [0.1, 0.15) is 5.75 Å². The lowest BCUT2D eigenvalue weighted by Gasteiger charge is -2.23. The van der Waals surface area contributed by atoms with Gasteiger partial charge in [0.2, 0.25) is 0 Å². The molecule has 2 aromatic rings. The number of carbonyl (C=O) groups is 1. The Bertz CT molecular complexity index is 728. The first-order chi connectivity index (χ1) is 12.2. The number of hydrogen-bond acceptors (Lipinski definition) is 5. The Morgan fingerprint density at radius 1 is 1.24 bits per heavy atom. The summed E-state index contributed by atoms with van der Waals surface area (Å²) in [6.45, 7) is 4.27. The summed E-state index contributed by atoms with van der Waals surface area (Å²) in [7, 11) is 0. The predicted molar refractivity (Wildman–Crippen MR) is 95.5 cm³/mol. The molecule has 3 rings (SSSR count). The molecule has 5 heteroatoms. The minimum Gasteiger partial charge on any atom is -0.434 e. The third kappa shape index (κ3) is 4.35. The second kappa shape index (κ2) is 8.10. The fourth-order valence-corrected chi connectivity index (χ4v) is 3.29. The number of rotatable bonds is 5. The van der Waals surface area contributed by atoms with E-state index >= 15 is 0 Å². The van der Waals surface area contributed by atoms with Crippen LogP contribution in [0.1, 0.15) is 44.4 Å². The molecule has 5 nitrogen and oxygen atoms in total. The van der Waals surface area contributed by atoms with Gasteiger partial charge in [-0.25, -0.2) is 14.8 Å². The third-order valence-electron chi connectivity index (χ3n) is 4.52. The van der Waals surface area contributed by atoms with Crippen molar-refractivity contribution in [3.8, 4) is 17.1 Å².